The van der Waals surface area contributed by atoms with Gasteiger partial charge in [-0.25, -0.2) is 4.68 Å². The van der Waals surface area contributed by atoms with Crippen LogP contribution in [-0.4, -0.2) is 62.3 Å². The van der Waals surface area contributed by atoms with Crippen LogP contribution in [0.4, 0.5) is 0 Å². The molecule has 8 heteroatoms. The predicted octanol–water partition coefficient (Wildman–Crippen LogP) is 1.67. The van der Waals surface area contributed by atoms with E-state index in [9.17, 15) is 9.59 Å². The van der Waals surface area contributed by atoms with Crippen LogP contribution in [0.1, 0.15) is 29.9 Å². The zero-order valence-electron chi connectivity index (χ0n) is 14.2. The fourth-order valence-electron chi connectivity index (χ4n) is 2.94. The van der Waals surface area contributed by atoms with Crippen molar-refractivity contribution < 1.29 is 9.59 Å². The number of piperazine rings is 1. The molecule has 2 heterocycles. The molecule has 2 aromatic rings. The molecule has 1 aromatic heterocycles. The Morgan fingerprint density at radius 1 is 1.32 bits per heavy atom. The lowest BCUT2D eigenvalue weighted by molar-refractivity contribution is -0.139. The largest absolute Gasteiger partial charge is 0.339 e. The SMILES string of the molecule is CCN1CCN(C(=O)c2cn(Cc3ccccc3Cl)nn2)[C@@H](C)C1=O. The molecule has 0 saturated carbocycles. The molecule has 1 fully saturated rings. The van der Waals surface area contributed by atoms with E-state index in [4.69, 9.17) is 11.6 Å². The maximum atomic E-state index is 12.7. The molecule has 7 nitrogen and oxygen atoms in total. The summed E-state index contributed by atoms with van der Waals surface area (Å²) in [6.07, 6.45) is 1.59. The fourth-order valence-corrected chi connectivity index (χ4v) is 3.14. The Hall–Kier alpha value is -2.41. The minimum Gasteiger partial charge on any atom is -0.339 e. The van der Waals surface area contributed by atoms with Crippen LogP contribution in [-0.2, 0) is 11.3 Å². The number of nitrogens with zero attached hydrogens (tertiary/aromatic N) is 5. The zero-order valence-corrected chi connectivity index (χ0v) is 15.0. The number of amides is 2. The van der Waals surface area contributed by atoms with Crippen molar-refractivity contribution in [2.75, 3.05) is 19.6 Å². The zero-order chi connectivity index (χ0) is 18.0. The third kappa shape index (κ3) is 3.51. The normalized spacial score (nSPS) is 17.9. The van der Waals surface area contributed by atoms with Crippen LogP contribution in [0.15, 0.2) is 30.5 Å². The molecule has 0 unspecified atom stereocenters. The van der Waals surface area contributed by atoms with E-state index >= 15 is 0 Å². The topological polar surface area (TPSA) is 71.3 Å². The summed E-state index contributed by atoms with van der Waals surface area (Å²) < 4.78 is 1.57. The molecule has 0 spiro atoms. The Kier molecular flexibility index (Phi) is 5.03. The lowest BCUT2D eigenvalue weighted by Crippen LogP contribution is -2.57. The average Bonchev–Trinajstić information content (AvgIpc) is 3.07. The van der Waals surface area contributed by atoms with Crippen LogP contribution in [0.5, 0.6) is 0 Å². The second-order valence-corrected chi connectivity index (χ2v) is 6.39. The molecular weight excluding hydrogens is 342 g/mol. The number of rotatable bonds is 4. The van der Waals surface area contributed by atoms with E-state index in [1.165, 1.54) is 0 Å². The van der Waals surface area contributed by atoms with Crippen LogP contribution in [0.2, 0.25) is 5.02 Å². The summed E-state index contributed by atoms with van der Waals surface area (Å²) in [7, 11) is 0. The Balaban J connectivity index is 1.73. The number of hydrogen-bond donors (Lipinski definition) is 0. The van der Waals surface area contributed by atoms with Gasteiger partial charge in [0.05, 0.1) is 12.7 Å². The Morgan fingerprint density at radius 3 is 2.80 bits per heavy atom. The first kappa shape index (κ1) is 17.4. The Bertz CT molecular complexity index is 791. The van der Waals surface area contributed by atoms with E-state index in [-0.39, 0.29) is 17.5 Å². The number of halogens is 1. The second-order valence-electron chi connectivity index (χ2n) is 5.99. The molecule has 3 rings (SSSR count). The van der Waals surface area contributed by atoms with E-state index in [0.29, 0.717) is 31.2 Å². The first-order valence-corrected chi connectivity index (χ1v) is 8.62. The number of benzene rings is 1. The molecule has 2 amide bonds. The van der Waals surface area contributed by atoms with Gasteiger partial charge in [-0.15, -0.1) is 5.10 Å². The predicted molar refractivity (Wildman–Crippen MR) is 93.3 cm³/mol. The Morgan fingerprint density at radius 2 is 2.08 bits per heavy atom. The van der Waals surface area contributed by atoms with E-state index < -0.39 is 6.04 Å². The van der Waals surface area contributed by atoms with Gasteiger partial charge in [-0.1, -0.05) is 35.0 Å². The first-order chi connectivity index (χ1) is 12.0. The molecule has 1 atom stereocenters. The standard InChI is InChI=1S/C17H20ClN5O2/c1-3-21-8-9-23(12(2)16(21)24)17(25)15-11-22(20-19-15)10-13-6-4-5-7-14(13)18/h4-7,11-12H,3,8-10H2,1-2H3/t12-/m0/s1. The summed E-state index contributed by atoms with van der Waals surface area (Å²) in [6, 6.07) is 6.97. The van der Waals surface area contributed by atoms with Crippen molar-refractivity contribution in [1.82, 2.24) is 24.8 Å². The van der Waals surface area contributed by atoms with Crippen LogP contribution in [0.25, 0.3) is 0 Å². The lowest BCUT2D eigenvalue weighted by Gasteiger charge is -2.38. The molecule has 1 aliphatic heterocycles. The summed E-state index contributed by atoms with van der Waals surface area (Å²) in [5.74, 6) is -0.312. The van der Waals surface area contributed by atoms with Gasteiger partial charge in [0, 0.05) is 24.7 Å². The summed E-state index contributed by atoms with van der Waals surface area (Å²) in [5.41, 5.74) is 1.13. The van der Waals surface area contributed by atoms with Gasteiger partial charge in [-0.2, -0.15) is 0 Å². The molecule has 1 saturated heterocycles. The monoisotopic (exact) mass is 361 g/mol. The number of carbonyl (C=O) groups is 2. The second kappa shape index (κ2) is 7.23. The van der Waals surface area contributed by atoms with E-state index in [1.807, 2.05) is 25.1 Å². The molecular formula is C17H20ClN5O2. The van der Waals surface area contributed by atoms with Gasteiger partial charge in [0.15, 0.2) is 5.69 Å². The van der Waals surface area contributed by atoms with E-state index in [0.717, 1.165) is 5.56 Å². The quantitative estimate of drug-likeness (QED) is 0.830. The van der Waals surface area contributed by atoms with Crippen molar-refractivity contribution in [2.45, 2.75) is 26.4 Å². The number of aromatic nitrogens is 3. The summed E-state index contributed by atoms with van der Waals surface area (Å²) in [6.45, 7) is 5.80. The van der Waals surface area contributed by atoms with Crippen molar-refractivity contribution in [3.63, 3.8) is 0 Å². The molecule has 1 aromatic carbocycles. The van der Waals surface area contributed by atoms with Gasteiger partial charge in [0.2, 0.25) is 5.91 Å². The van der Waals surface area contributed by atoms with Crippen molar-refractivity contribution in [3.8, 4) is 0 Å². The maximum Gasteiger partial charge on any atom is 0.276 e. The minimum atomic E-state index is -0.491. The smallest absolute Gasteiger partial charge is 0.276 e. The lowest BCUT2D eigenvalue weighted by atomic mass is 10.1. The maximum absolute atomic E-state index is 12.7. The van der Waals surface area contributed by atoms with Crippen molar-refractivity contribution in [3.05, 3.63) is 46.7 Å². The highest BCUT2D eigenvalue weighted by Crippen LogP contribution is 2.17. The highest BCUT2D eigenvalue weighted by atomic mass is 35.5. The molecule has 0 bridgehead atoms. The van der Waals surface area contributed by atoms with E-state index in [2.05, 4.69) is 10.3 Å². The van der Waals surface area contributed by atoms with Gasteiger partial charge in [0.25, 0.3) is 5.91 Å². The highest BCUT2D eigenvalue weighted by molar-refractivity contribution is 6.31. The first-order valence-electron chi connectivity index (χ1n) is 8.24. The van der Waals surface area contributed by atoms with Crippen LogP contribution in [0.3, 0.4) is 0 Å². The van der Waals surface area contributed by atoms with Gasteiger partial charge < -0.3 is 9.80 Å². The molecule has 132 valence electrons. The Labute approximate surface area is 151 Å². The number of hydrogen-bond acceptors (Lipinski definition) is 4. The molecule has 0 N–H and O–H groups in total. The third-order valence-electron chi connectivity index (χ3n) is 4.44. The van der Waals surface area contributed by atoms with Gasteiger partial charge in [0.1, 0.15) is 6.04 Å². The van der Waals surface area contributed by atoms with Gasteiger partial charge >= 0.3 is 0 Å². The van der Waals surface area contributed by atoms with Crippen molar-refractivity contribution >= 4 is 23.4 Å². The van der Waals surface area contributed by atoms with Gasteiger partial charge in [-0.3, -0.25) is 9.59 Å². The molecule has 0 aliphatic carbocycles. The number of likely N-dealkylation sites (N-methyl/N-ethyl adjacent to an activating group) is 1. The summed E-state index contributed by atoms with van der Waals surface area (Å²) in [4.78, 5) is 28.3. The highest BCUT2D eigenvalue weighted by Gasteiger charge is 2.34. The molecule has 0 radical (unpaired) electrons. The summed E-state index contributed by atoms with van der Waals surface area (Å²) in [5, 5.41) is 8.62. The average molecular weight is 362 g/mol. The fraction of sp³-hybridized carbons (Fsp3) is 0.412. The van der Waals surface area contributed by atoms with Gasteiger partial charge in [-0.05, 0) is 25.5 Å². The van der Waals surface area contributed by atoms with Crippen LogP contribution >= 0.6 is 11.6 Å². The summed E-state index contributed by atoms with van der Waals surface area (Å²) >= 11 is 6.15. The number of carbonyl (C=O) groups excluding carboxylic acids is 2. The third-order valence-corrected chi connectivity index (χ3v) is 4.81. The van der Waals surface area contributed by atoms with Crippen molar-refractivity contribution in [2.24, 2.45) is 0 Å². The van der Waals surface area contributed by atoms with Crippen molar-refractivity contribution in [1.29, 1.82) is 0 Å². The minimum absolute atomic E-state index is 0.0365. The molecule has 1 aliphatic rings. The molecule has 25 heavy (non-hydrogen) atoms. The van der Waals surface area contributed by atoms with Crippen LogP contribution < -0.4 is 0 Å². The van der Waals surface area contributed by atoms with Crippen LogP contribution in [0, 0.1) is 0 Å². The van der Waals surface area contributed by atoms with E-state index in [1.54, 1.807) is 33.7 Å².